The molecule has 29 heavy (non-hydrogen) atoms. The molecule has 1 fully saturated rings. The molecular formula is C26H33FN2. The van der Waals surface area contributed by atoms with Crippen LogP contribution < -0.4 is 0 Å². The van der Waals surface area contributed by atoms with Gasteiger partial charge in [0, 0.05) is 18.2 Å². The summed E-state index contributed by atoms with van der Waals surface area (Å²) in [5, 5.41) is 10.1. The summed E-state index contributed by atoms with van der Waals surface area (Å²) in [6, 6.07) is 20.4. The molecule has 0 aliphatic heterocycles. The molecule has 2 nitrogen and oxygen atoms in total. The highest BCUT2D eigenvalue weighted by atomic mass is 19.1. The highest BCUT2D eigenvalue weighted by Crippen LogP contribution is 2.50. The third kappa shape index (κ3) is 5.25. The van der Waals surface area contributed by atoms with E-state index in [9.17, 15) is 9.65 Å². The molecule has 2 aromatic carbocycles. The molecule has 0 amide bonds. The van der Waals surface area contributed by atoms with Crippen molar-refractivity contribution in [1.29, 1.82) is 5.26 Å². The topological polar surface area (TPSA) is 27.0 Å². The van der Waals surface area contributed by atoms with Crippen LogP contribution in [0.5, 0.6) is 0 Å². The van der Waals surface area contributed by atoms with Crippen molar-refractivity contribution in [2.24, 2.45) is 5.92 Å². The molecule has 0 N–H and O–H groups in total. The van der Waals surface area contributed by atoms with Crippen molar-refractivity contribution in [3.05, 3.63) is 71.5 Å². The first-order valence-electron chi connectivity index (χ1n) is 11.0. The van der Waals surface area contributed by atoms with Gasteiger partial charge in [-0.25, -0.2) is 4.39 Å². The van der Waals surface area contributed by atoms with Crippen molar-refractivity contribution in [2.75, 3.05) is 13.1 Å². The van der Waals surface area contributed by atoms with Gasteiger partial charge in [0.2, 0.25) is 0 Å². The summed E-state index contributed by atoms with van der Waals surface area (Å²) in [4.78, 5) is 2.53. The maximum Gasteiger partial charge on any atom is 0.128 e. The number of nitriles is 1. The van der Waals surface area contributed by atoms with E-state index < -0.39 is 5.41 Å². The molecule has 2 atom stereocenters. The second-order valence-corrected chi connectivity index (χ2v) is 8.50. The van der Waals surface area contributed by atoms with E-state index in [1.807, 2.05) is 12.1 Å². The smallest absolute Gasteiger partial charge is 0.128 e. The van der Waals surface area contributed by atoms with Crippen LogP contribution in [0.1, 0.15) is 57.1 Å². The molecule has 0 saturated heterocycles. The second-order valence-electron chi connectivity index (χ2n) is 8.50. The molecular weight excluding hydrogens is 359 g/mol. The number of halogens is 1. The zero-order valence-corrected chi connectivity index (χ0v) is 17.8. The summed E-state index contributed by atoms with van der Waals surface area (Å²) >= 11 is 0. The van der Waals surface area contributed by atoms with Gasteiger partial charge >= 0.3 is 0 Å². The van der Waals surface area contributed by atoms with Crippen LogP contribution in [0.25, 0.3) is 0 Å². The molecule has 2 aromatic rings. The molecule has 1 aliphatic carbocycles. The normalized spacial score (nSPS) is 16.9. The van der Waals surface area contributed by atoms with Crippen LogP contribution in [-0.4, -0.2) is 24.0 Å². The molecule has 2 unspecified atom stereocenters. The van der Waals surface area contributed by atoms with Gasteiger partial charge in [-0.2, -0.15) is 5.26 Å². The summed E-state index contributed by atoms with van der Waals surface area (Å²) in [7, 11) is 0. The Morgan fingerprint density at radius 1 is 1.10 bits per heavy atom. The monoisotopic (exact) mass is 392 g/mol. The zero-order chi connectivity index (χ0) is 20.7. The number of hydrogen-bond donors (Lipinski definition) is 0. The van der Waals surface area contributed by atoms with Crippen LogP contribution in [0.3, 0.4) is 0 Å². The van der Waals surface area contributed by atoms with Crippen LogP contribution in [0.4, 0.5) is 4.39 Å². The zero-order valence-electron chi connectivity index (χ0n) is 17.8. The fourth-order valence-electron chi connectivity index (χ4n) is 4.54. The largest absolute Gasteiger partial charge is 0.300 e. The van der Waals surface area contributed by atoms with Gasteiger partial charge in [0.1, 0.15) is 5.82 Å². The lowest BCUT2D eigenvalue weighted by atomic mass is 9.73. The van der Waals surface area contributed by atoms with Gasteiger partial charge in [0.05, 0.1) is 11.5 Å². The first kappa shape index (κ1) is 21.5. The average Bonchev–Trinajstić information content (AvgIpc) is 3.59. The fraction of sp³-hybridized carbons (Fsp3) is 0.500. The van der Waals surface area contributed by atoms with Crippen LogP contribution in [-0.2, 0) is 11.8 Å². The molecule has 1 aliphatic rings. The van der Waals surface area contributed by atoms with Crippen molar-refractivity contribution in [1.82, 2.24) is 4.90 Å². The molecule has 0 radical (unpaired) electrons. The van der Waals surface area contributed by atoms with E-state index in [1.165, 1.54) is 11.6 Å². The van der Waals surface area contributed by atoms with Crippen molar-refractivity contribution in [3.8, 4) is 6.07 Å². The summed E-state index contributed by atoms with van der Waals surface area (Å²) in [5.41, 5.74) is 1.27. The van der Waals surface area contributed by atoms with E-state index in [2.05, 4.69) is 55.1 Å². The van der Waals surface area contributed by atoms with E-state index in [0.717, 1.165) is 51.6 Å². The predicted molar refractivity (Wildman–Crippen MR) is 117 cm³/mol. The molecule has 3 rings (SSSR count). The molecule has 1 saturated carbocycles. The van der Waals surface area contributed by atoms with Crippen LogP contribution in [0, 0.1) is 23.1 Å². The molecule has 154 valence electrons. The van der Waals surface area contributed by atoms with Gasteiger partial charge in [0.15, 0.2) is 0 Å². The van der Waals surface area contributed by atoms with Crippen molar-refractivity contribution < 1.29 is 4.39 Å². The van der Waals surface area contributed by atoms with Crippen molar-refractivity contribution in [3.63, 3.8) is 0 Å². The maximum atomic E-state index is 14.6. The molecule has 0 heterocycles. The van der Waals surface area contributed by atoms with Gasteiger partial charge < -0.3 is 4.90 Å². The van der Waals surface area contributed by atoms with Crippen molar-refractivity contribution >= 4 is 0 Å². The molecule has 0 bridgehead atoms. The minimum Gasteiger partial charge on any atom is -0.300 e. The highest BCUT2D eigenvalue weighted by molar-refractivity contribution is 5.36. The third-order valence-corrected chi connectivity index (χ3v) is 6.45. The Balaban J connectivity index is 1.69. The fourth-order valence-corrected chi connectivity index (χ4v) is 4.54. The Bertz CT molecular complexity index is 809. The number of rotatable bonds is 11. The molecule has 0 aromatic heterocycles. The standard InChI is InChI=1S/C26H33FN2/c1-3-18-29(19-16-22-9-5-4-6-10-22)21(2)15-17-26(20-28,23-13-14-23)24-11-7-8-12-25(24)27/h4-12,21,23H,3,13-19H2,1-2H3. The summed E-state index contributed by atoms with van der Waals surface area (Å²) in [5.74, 6) is 0.0589. The predicted octanol–water partition coefficient (Wildman–Crippen LogP) is 6.12. The minimum atomic E-state index is -0.684. The highest BCUT2D eigenvalue weighted by Gasteiger charge is 2.48. The van der Waals surface area contributed by atoms with Crippen molar-refractivity contribution in [2.45, 2.75) is 63.8 Å². The second kappa shape index (κ2) is 10.0. The molecule has 3 heteroatoms. The van der Waals surface area contributed by atoms with Gasteiger partial charge in [-0.15, -0.1) is 0 Å². The quantitative estimate of drug-likeness (QED) is 0.460. The van der Waals surface area contributed by atoms with Gasteiger partial charge in [0.25, 0.3) is 0 Å². The number of nitrogens with zero attached hydrogens (tertiary/aromatic N) is 2. The lowest BCUT2D eigenvalue weighted by molar-refractivity contribution is 0.190. The number of hydrogen-bond acceptors (Lipinski definition) is 2. The lowest BCUT2D eigenvalue weighted by Crippen LogP contribution is -2.38. The Morgan fingerprint density at radius 2 is 1.79 bits per heavy atom. The van der Waals surface area contributed by atoms with Crippen LogP contribution in [0.15, 0.2) is 54.6 Å². The maximum absolute atomic E-state index is 14.6. The summed E-state index contributed by atoms with van der Waals surface area (Å²) in [6.07, 6.45) is 5.84. The third-order valence-electron chi connectivity index (χ3n) is 6.45. The van der Waals surface area contributed by atoms with Gasteiger partial charge in [-0.3, -0.25) is 0 Å². The number of benzene rings is 2. The SMILES string of the molecule is CCCN(CCc1ccccc1)C(C)CCC(C#N)(c1ccccc1F)C1CC1. The van der Waals surface area contributed by atoms with E-state index in [4.69, 9.17) is 0 Å². The van der Waals surface area contributed by atoms with Gasteiger partial charge in [-0.1, -0.05) is 55.5 Å². The average molecular weight is 393 g/mol. The van der Waals surface area contributed by atoms with E-state index in [0.29, 0.717) is 17.5 Å². The minimum absolute atomic E-state index is 0.233. The lowest BCUT2D eigenvalue weighted by Gasteiger charge is -2.33. The summed E-state index contributed by atoms with van der Waals surface area (Å²) in [6.45, 7) is 6.54. The Morgan fingerprint density at radius 3 is 2.41 bits per heavy atom. The molecule has 0 spiro atoms. The van der Waals surface area contributed by atoms with Gasteiger partial charge in [-0.05, 0) is 69.5 Å². The Labute approximate surface area is 175 Å². The first-order chi connectivity index (χ1) is 14.1. The van der Waals surface area contributed by atoms with Crippen LogP contribution in [0.2, 0.25) is 0 Å². The Kier molecular flexibility index (Phi) is 7.45. The van der Waals surface area contributed by atoms with E-state index in [1.54, 1.807) is 6.07 Å². The summed E-state index contributed by atoms with van der Waals surface area (Å²) < 4.78 is 14.6. The van der Waals surface area contributed by atoms with E-state index in [-0.39, 0.29) is 5.82 Å². The first-order valence-corrected chi connectivity index (χ1v) is 11.0. The van der Waals surface area contributed by atoms with E-state index >= 15 is 0 Å². The van der Waals surface area contributed by atoms with Crippen LogP contribution >= 0.6 is 0 Å². The Hall–Kier alpha value is -2.18.